The van der Waals surface area contributed by atoms with Gasteiger partial charge in [0.15, 0.2) is 0 Å². The van der Waals surface area contributed by atoms with Gasteiger partial charge < -0.3 is 10.1 Å². The number of para-hydroxylation sites is 2. The van der Waals surface area contributed by atoms with Crippen LogP contribution in [0.5, 0.6) is 0 Å². The normalized spacial score (nSPS) is 15.2. The molecule has 1 aliphatic heterocycles. The standard InChI is InChI=1S/C15H20N2O3/c1-15(2,3)20-14(19)10-17-12-7-5-4-6-11(12)16-9-8-13(17)18/h4-7,16H,8-10H2,1-3H3. The molecule has 0 spiro atoms. The maximum atomic E-state index is 12.2. The first kappa shape index (κ1) is 14.4. The average molecular weight is 276 g/mol. The zero-order chi connectivity index (χ0) is 14.8. The van der Waals surface area contributed by atoms with E-state index in [1.54, 1.807) is 0 Å². The van der Waals surface area contributed by atoms with E-state index < -0.39 is 11.6 Å². The second-order valence-corrected chi connectivity index (χ2v) is 5.76. The molecule has 1 aromatic rings. The number of hydrogen-bond acceptors (Lipinski definition) is 4. The van der Waals surface area contributed by atoms with Crippen LogP contribution < -0.4 is 10.2 Å². The van der Waals surface area contributed by atoms with Gasteiger partial charge in [-0.1, -0.05) is 12.1 Å². The summed E-state index contributed by atoms with van der Waals surface area (Å²) >= 11 is 0. The number of carbonyl (C=O) groups excluding carboxylic acids is 2. The predicted molar refractivity (Wildman–Crippen MR) is 77.7 cm³/mol. The molecule has 0 saturated heterocycles. The van der Waals surface area contributed by atoms with Crippen molar-refractivity contribution in [2.75, 3.05) is 23.3 Å². The SMILES string of the molecule is CC(C)(C)OC(=O)CN1C(=O)CCNc2ccccc21. The fourth-order valence-electron chi connectivity index (χ4n) is 2.11. The van der Waals surface area contributed by atoms with E-state index in [0.717, 1.165) is 11.4 Å². The van der Waals surface area contributed by atoms with Crippen LogP contribution in [-0.4, -0.2) is 30.6 Å². The van der Waals surface area contributed by atoms with Gasteiger partial charge in [0, 0.05) is 13.0 Å². The summed E-state index contributed by atoms with van der Waals surface area (Å²) in [6.45, 7) is 5.94. The lowest BCUT2D eigenvalue weighted by molar-refractivity contribution is -0.153. The van der Waals surface area contributed by atoms with Crippen LogP contribution in [0.3, 0.4) is 0 Å². The molecule has 0 aliphatic carbocycles. The summed E-state index contributed by atoms with van der Waals surface area (Å²) in [5.74, 6) is -0.476. The highest BCUT2D eigenvalue weighted by atomic mass is 16.6. The summed E-state index contributed by atoms with van der Waals surface area (Å²) in [6, 6.07) is 7.47. The van der Waals surface area contributed by atoms with E-state index in [4.69, 9.17) is 4.74 Å². The van der Waals surface area contributed by atoms with Gasteiger partial charge in [0.1, 0.15) is 12.1 Å². The van der Waals surface area contributed by atoms with Gasteiger partial charge in [-0.05, 0) is 32.9 Å². The van der Waals surface area contributed by atoms with Crippen LogP contribution in [0.2, 0.25) is 0 Å². The van der Waals surface area contributed by atoms with E-state index in [9.17, 15) is 9.59 Å². The molecule has 1 aromatic carbocycles. The molecule has 1 heterocycles. The minimum absolute atomic E-state index is 0.0607. The first-order valence-corrected chi connectivity index (χ1v) is 6.72. The van der Waals surface area contributed by atoms with Crippen LogP contribution in [0.15, 0.2) is 24.3 Å². The van der Waals surface area contributed by atoms with E-state index in [1.165, 1.54) is 4.90 Å². The number of fused-ring (bicyclic) bond motifs is 1. The summed E-state index contributed by atoms with van der Waals surface area (Å²) in [7, 11) is 0. The molecule has 5 heteroatoms. The van der Waals surface area contributed by atoms with Crippen molar-refractivity contribution in [2.24, 2.45) is 0 Å². The van der Waals surface area contributed by atoms with Gasteiger partial charge >= 0.3 is 5.97 Å². The Kier molecular flexibility index (Phi) is 3.97. The number of rotatable bonds is 2. The molecule has 0 unspecified atom stereocenters. The van der Waals surface area contributed by atoms with Crippen molar-refractivity contribution in [1.29, 1.82) is 0 Å². The smallest absolute Gasteiger partial charge is 0.326 e. The van der Waals surface area contributed by atoms with Crippen molar-refractivity contribution < 1.29 is 14.3 Å². The van der Waals surface area contributed by atoms with Crippen LogP contribution >= 0.6 is 0 Å². The number of nitrogens with one attached hydrogen (secondary N) is 1. The Morgan fingerprint density at radius 1 is 1.35 bits per heavy atom. The minimum Gasteiger partial charge on any atom is -0.459 e. The first-order valence-electron chi connectivity index (χ1n) is 6.72. The molecule has 1 aliphatic rings. The van der Waals surface area contributed by atoms with Crippen molar-refractivity contribution >= 4 is 23.3 Å². The second kappa shape index (κ2) is 5.53. The quantitative estimate of drug-likeness (QED) is 0.841. The lowest BCUT2D eigenvalue weighted by Gasteiger charge is -2.25. The van der Waals surface area contributed by atoms with Crippen LogP contribution in [0.1, 0.15) is 27.2 Å². The first-order chi connectivity index (χ1) is 9.37. The monoisotopic (exact) mass is 276 g/mol. The van der Waals surface area contributed by atoms with Crippen molar-refractivity contribution in [3.05, 3.63) is 24.3 Å². The van der Waals surface area contributed by atoms with Crippen LogP contribution in [-0.2, 0) is 14.3 Å². The number of anilines is 2. The largest absolute Gasteiger partial charge is 0.459 e. The Morgan fingerprint density at radius 3 is 2.75 bits per heavy atom. The maximum absolute atomic E-state index is 12.2. The van der Waals surface area contributed by atoms with Gasteiger partial charge in [0.25, 0.3) is 0 Å². The van der Waals surface area contributed by atoms with Gasteiger partial charge in [-0.25, -0.2) is 0 Å². The van der Waals surface area contributed by atoms with Gasteiger partial charge in [-0.3, -0.25) is 14.5 Å². The highest BCUT2D eigenvalue weighted by Gasteiger charge is 2.26. The Labute approximate surface area is 118 Å². The third-order valence-corrected chi connectivity index (χ3v) is 2.86. The molecule has 0 fully saturated rings. The molecule has 0 saturated carbocycles. The van der Waals surface area contributed by atoms with E-state index in [1.807, 2.05) is 45.0 Å². The minimum atomic E-state index is -0.552. The molecule has 0 atom stereocenters. The molecule has 108 valence electrons. The number of hydrogen-bond donors (Lipinski definition) is 1. The molecular weight excluding hydrogens is 256 g/mol. The molecule has 0 aromatic heterocycles. The molecular formula is C15H20N2O3. The molecule has 0 radical (unpaired) electrons. The Balaban J connectivity index is 2.21. The molecule has 2 rings (SSSR count). The van der Waals surface area contributed by atoms with Crippen LogP contribution in [0, 0.1) is 0 Å². The van der Waals surface area contributed by atoms with Crippen LogP contribution in [0.25, 0.3) is 0 Å². The van der Waals surface area contributed by atoms with E-state index in [-0.39, 0.29) is 12.5 Å². The molecule has 1 amide bonds. The molecule has 1 N–H and O–H groups in total. The maximum Gasteiger partial charge on any atom is 0.326 e. The predicted octanol–water partition coefficient (Wildman–Crippen LogP) is 2.18. The fourth-order valence-corrected chi connectivity index (χ4v) is 2.11. The lowest BCUT2D eigenvalue weighted by Crippen LogP contribution is -2.38. The second-order valence-electron chi connectivity index (χ2n) is 5.76. The number of nitrogens with zero attached hydrogens (tertiary/aromatic N) is 1. The number of esters is 1. The summed E-state index contributed by atoms with van der Waals surface area (Å²) < 4.78 is 5.29. The van der Waals surface area contributed by atoms with E-state index >= 15 is 0 Å². The molecule has 5 nitrogen and oxygen atoms in total. The average Bonchev–Trinajstić information content (AvgIpc) is 2.48. The van der Waals surface area contributed by atoms with Crippen molar-refractivity contribution in [3.8, 4) is 0 Å². The Morgan fingerprint density at radius 2 is 2.05 bits per heavy atom. The van der Waals surface area contributed by atoms with Gasteiger partial charge in [-0.15, -0.1) is 0 Å². The highest BCUT2D eigenvalue weighted by Crippen LogP contribution is 2.28. The van der Waals surface area contributed by atoms with Crippen molar-refractivity contribution in [2.45, 2.75) is 32.8 Å². The Bertz CT molecular complexity index is 520. The summed E-state index contributed by atoms with van der Waals surface area (Å²) in [5, 5.41) is 3.19. The van der Waals surface area contributed by atoms with Crippen molar-refractivity contribution in [3.63, 3.8) is 0 Å². The van der Waals surface area contributed by atoms with E-state index in [2.05, 4.69) is 5.32 Å². The third kappa shape index (κ3) is 3.50. The van der Waals surface area contributed by atoms with Crippen LogP contribution in [0.4, 0.5) is 11.4 Å². The summed E-state index contributed by atoms with van der Waals surface area (Å²) in [4.78, 5) is 25.6. The third-order valence-electron chi connectivity index (χ3n) is 2.86. The topological polar surface area (TPSA) is 58.6 Å². The summed E-state index contributed by atoms with van der Waals surface area (Å²) in [5.41, 5.74) is 1.03. The number of carbonyl (C=O) groups is 2. The van der Waals surface area contributed by atoms with Crippen molar-refractivity contribution in [1.82, 2.24) is 0 Å². The number of amides is 1. The molecule has 20 heavy (non-hydrogen) atoms. The summed E-state index contributed by atoms with van der Waals surface area (Å²) in [6.07, 6.45) is 0.359. The zero-order valence-corrected chi connectivity index (χ0v) is 12.1. The number of ether oxygens (including phenoxy) is 1. The molecule has 0 bridgehead atoms. The number of benzene rings is 1. The fraction of sp³-hybridized carbons (Fsp3) is 0.467. The van der Waals surface area contributed by atoms with Gasteiger partial charge in [0.2, 0.25) is 5.91 Å². The van der Waals surface area contributed by atoms with Gasteiger partial charge in [-0.2, -0.15) is 0 Å². The lowest BCUT2D eigenvalue weighted by atomic mass is 10.2. The Hall–Kier alpha value is -2.04. The van der Waals surface area contributed by atoms with Gasteiger partial charge in [0.05, 0.1) is 11.4 Å². The zero-order valence-electron chi connectivity index (χ0n) is 12.1. The van der Waals surface area contributed by atoms with E-state index in [0.29, 0.717) is 13.0 Å². The highest BCUT2D eigenvalue weighted by molar-refractivity contribution is 6.01.